The van der Waals surface area contributed by atoms with Crippen molar-refractivity contribution in [3.63, 3.8) is 0 Å². The lowest BCUT2D eigenvalue weighted by atomic mass is 9.97. The molecule has 2 aliphatic rings. The highest BCUT2D eigenvalue weighted by molar-refractivity contribution is 7.99. The van der Waals surface area contributed by atoms with Crippen LogP contribution in [0.1, 0.15) is 36.1 Å². The van der Waals surface area contributed by atoms with E-state index in [0.717, 1.165) is 61.3 Å². The van der Waals surface area contributed by atoms with Crippen LogP contribution in [0, 0.1) is 5.82 Å². The van der Waals surface area contributed by atoms with Gasteiger partial charge < -0.3 is 4.74 Å². The van der Waals surface area contributed by atoms with Crippen molar-refractivity contribution in [1.29, 1.82) is 0 Å². The molecule has 3 aromatic rings. The molecule has 0 spiro atoms. The lowest BCUT2D eigenvalue weighted by Crippen LogP contribution is -2.23. The van der Waals surface area contributed by atoms with E-state index >= 15 is 0 Å². The standard InChI is InChI=1S/C21H21FN2O2S2/c22-15-8-2-3-9-16(15)24-20(25)18-14-7-1-4-10-17(14)28-19(18)23-21(24)27-12-13-6-5-11-26-13/h2-3,8-9,13H,1,4-7,10-12H2/t13-/m1/s1. The molecule has 0 amide bonds. The Hall–Kier alpha value is -1.70. The first-order valence-corrected chi connectivity index (χ1v) is 11.6. The lowest BCUT2D eigenvalue weighted by molar-refractivity contribution is 0.129. The third kappa shape index (κ3) is 3.19. The molecule has 1 aliphatic carbocycles. The quantitative estimate of drug-likeness (QED) is 0.455. The molecule has 1 saturated heterocycles. The molecule has 4 nitrogen and oxygen atoms in total. The minimum Gasteiger partial charge on any atom is -0.377 e. The van der Waals surface area contributed by atoms with Gasteiger partial charge in [-0.1, -0.05) is 23.9 Å². The molecule has 0 saturated carbocycles. The summed E-state index contributed by atoms with van der Waals surface area (Å²) in [4.78, 5) is 20.5. The number of halogens is 1. The Balaban J connectivity index is 1.68. The third-order valence-electron chi connectivity index (χ3n) is 5.47. The molecule has 3 heterocycles. The Morgan fingerprint density at radius 1 is 1.25 bits per heavy atom. The summed E-state index contributed by atoms with van der Waals surface area (Å²) in [6.45, 7) is 0.787. The van der Waals surface area contributed by atoms with E-state index in [1.807, 2.05) is 0 Å². The van der Waals surface area contributed by atoms with Gasteiger partial charge in [-0.05, 0) is 56.2 Å². The number of hydrogen-bond donors (Lipinski definition) is 0. The zero-order chi connectivity index (χ0) is 19.1. The van der Waals surface area contributed by atoms with Crippen molar-refractivity contribution in [2.75, 3.05) is 12.4 Å². The van der Waals surface area contributed by atoms with E-state index in [2.05, 4.69) is 0 Å². The van der Waals surface area contributed by atoms with Gasteiger partial charge in [0.25, 0.3) is 5.56 Å². The number of benzene rings is 1. The number of fused-ring (bicyclic) bond motifs is 3. The number of aromatic nitrogens is 2. The van der Waals surface area contributed by atoms with Gasteiger partial charge in [0.05, 0.1) is 17.2 Å². The van der Waals surface area contributed by atoms with Gasteiger partial charge >= 0.3 is 0 Å². The minimum absolute atomic E-state index is 0.149. The SMILES string of the molecule is O=c1c2c3c(sc2nc(SC[C@H]2CCCO2)n1-c1ccccc1F)CCCC3. The molecular weight excluding hydrogens is 395 g/mol. The zero-order valence-electron chi connectivity index (χ0n) is 15.4. The van der Waals surface area contributed by atoms with Crippen LogP contribution in [-0.2, 0) is 17.6 Å². The number of aryl methyl sites for hydroxylation is 2. The predicted octanol–water partition coefficient (Wildman–Crippen LogP) is 4.74. The topological polar surface area (TPSA) is 44.1 Å². The first-order chi connectivity index (χ1) is 13.7. The Morgan fingerprint density at radius 2 is 2.11 bits per heavy atom. The molecule has 1 aromatic carbocycles. The van der Waals surface area contributed by atoms with Gasteiger partial charge in [0, 0.05) is 17.2 Å². The van der Waals surface area contributed by atoms with Crippen molar-refractivity contribution < 1.29 is 9.13 Å². The van der Waals surface area contributed by atoms with Crippen molar-refractivity contribution >= 4 is 33.3 Å². The molecule has 1 fully saturated rings. The van der Waals surface area contributed by atoms with Gasteiger partial charge in [0.1, 0.15) is 10.6 Å². The van der Waals surface area contributed by atoms with E-state index in [1.165, 1.54) is 27.3 Å². The average Bonchev–Trinajstić information content (AvgIpc) is 3.34. The van der Waals surface area contributed by atoms with Gasteiger partial charge in [-0.3, -0.25) is 9.36 Å². The number of nitrogens with zero attached hydrogens (tertiary/aromatic N) is 2. The molecule has 0 unspecified atom stereocenters. The van der Waals surface area contributed by atoms with E-state index in [4.69, 9.17) is 9.72 Å². The maximum absolute atomic E-state index is 14.6. The summed E-state index contributed by atoms with van der Waals surface area (Å²) in [5, 5.41) is 1.24. The number of rotatable bonds is 4. The molecule has 146 valence electrons. The smallest absolute Gasteiger partial charge is 0.267 e. The summed E-state index contributed by atoms with van der Waals surface area (Å²) in [5.41, 5.74) is 1.25. The van der Waals surface area contributed by atoms with E-state index in [9.17, 15) is 9.18 Å². The molecular formula is C21H21FN2O2S2. The molecule has 2 aromatic heterocycles. The molecule has 0 radical (unpaired) electrons. The number of hydrogen-bond acceptors (Lipinski definition) is 5. The van der Waals surface area contributed by atoms with Gasteiger partial charge in [-0.2, -0.15) is 0 Å². The predicted molar refractivity (Wildman–Crippen MR) is 112 cm³/mol. The highest BCUT2D eigenvalue weighted by Crippen LogP contribution is 2.35. The number of thiophene rings is 1. The Morgan fingerprint density at radius 3 is 2.93 bits per heavy atom. The highest BCUT2D eigenvalue weighted by Gasteiger charge is 2.25. The number of thioether (sulfide) groups is 1. The second kappa shape index (κ2) is 7.61. The van der Waals surface area contributed by atoms with Gasteiger partial charge in [0.15, 0.2) is 5.16 Å². The molecule has 7 heteroatoms. The molecule has 0 N–H and O–H groups in total. The fourth-order valence-electron chi connectivity index (χ4n) is 4.07. The van der Waals surface area contributed by atoms with Crippen LogP contribution < -0.4 is 5.56 Å². The maximum atomic E-state index is 14.6. The average molecular weight is 417 g/mol. The highest BCUT2D eigenvalue weighted by atomic mass is 32.2. The van der Waals surface area contributed by atoms with Gasteiger partial charge in [0.2, 0.25) is 0 Å². The Kier molecular flexibility index (Phi) is 4.99. The molecule has 28 heavy (non-hydrogen) atoms. The zero-order valence-corrected chi connectivity index (χ0v) is 17.1. The summed E-state index contributed by atoms with van der Waals surface area (Å²) in [5.74, 6) is 0.311. The summed E-state index contributed by atoms with van der Waals surface area (Å²) in [6, 6.07) is 6.44. The minimum atomic E-state index is -0.409. The molecule has 1 aliphatic heterocycles. The first-order valence-electron chi connectivity index (χ1n) is 9.79. The summed E-state index contributed by atoms with van der Waals surface area (Å²) in [7, 11) is 0. The normalized spacial score (nSPS) is 19.2. The van der Waals surface area contributed by atoms with Gasteiger partial charge in [-0.25, -0.2) is 9.37 Å². The van der Waals surface area contributed by atoms with Crippen molar-refractivity contribution in [3.05, 3.63) is 50.9 Å². The molecule has 5 rings (SSSR count). The Bertz CT molecular complexity index is 1090. The largest absolute Gasteiger partial charge is 0.377 e. The monoisotopic (exact) mass is 416 g/mol. The summed E-state index contributed by atoms with van der Waals surface area (Å²) in [6.07, 6.45) is 6.42. The second-order valence-electron chi connectivity index (χ2n) is 7.32. The van der Waals surface area contributed by atoms with Crippen molar-refractivity contribution in [2.24, 2.45) is 0 Å². The Labute approximate surface area is 170 Å². The van der Waals surface area contributed by atoms with E-state index in [0.29, 0.717) is 10.5 Å². The van der Waals surface area contributed by atoms with Crippen LogP contribution in [0.5, 0.6) is 0 Å². The fraction of sp³-hybridized carbons (Fsp3) is 0.429. The third-order valence-corrected chi connectivity index (χ3v) is 7.73. The van der Waals surface area contributed by atoms with Crippen LogP contribution in [0.4, 0.5) is 4.39 Å². The van der Waals surface area contributed by atoms with E-state index < -0.39 is 5.82 Å². The van der Waals surface area contributed by atoms with Crippen molar-refractivity contribution in [1.82, 2.24) is 9.55 Å². The van der Waals surface area contributed by atoms with Crippen LogP contribution in [0.25, 0.3) is 15.9 Å². The summed E-state index contributed by atoms with van der Waals surface area (Å²) >= 11 is 3.12. The van der Waals surface area contributed by atoms with Crippen LogP contribution >= 0.6 is 23.1 Å². The van der Waals surface area contributed by atoms with Gasteiger partial charge in [-0.15, -0.1) is 11.3 Å². The second-order valence-corrected chi connectivity index (χ2v) is 9.39. The molecule has 0 bridgehead atoms. The van der Waals surface area contributed by atoms with Crippen molar-refractivity contribution in [2.45, 2.75) is 49.8 Å². The fourth-order valence-corrected chi connectivity index (χ4v) is 6.45. The van der Waals surface area contributed by atoms with Crippen LogP contribution in [0.3, 0.4) is 0 Å². The number of para-hydroxylation sites is 1. The van der Waals surface area contributed by atoms with Crippen molar-refractivity contribution in [3.8, 4) is 5.69 Å². The van der Waals surface area contributed by atoms with E-state index in [-0.39, 0.29) is 17.4 Å². The van der Waals surface area contributed by atoms with Crippen LogP contribution in [0.15, 0.2) is 34.2 Å². The first kappa shape index (κ1) is 18.3. The van der Waals surface area contributed by atoms with Crippen LogP contribution in [0.2, 0.25) is 0 Å². The number of ether oxygens (including phenoxy) is 1. The summed E-state index contributed by atoms with van der Waals surface area (Å²) < 4.78 is 21.8. The maximum Gasteiger partial charge on any atom is 0.267 e. The van der Waals surface area contributed by atoms with Crippen LogP contribution in [-0.4, -0.2) is 28.0 Å². The molecule has 1 atom stereocenters. The van der Waals surface area contributed by atoms with E-state index in [1.54, 1.807) is 29.5 Å². The lowest BCUT2D eigenvalue weighted by Gasteiger charge is -2.15.